The molecule has 0 aliphatic carbocycles. The number of nitrogens with one attached hydrogen (secondary N) is 1. The van der Waals surface area contributed by atoms with Crippen LogP contribution in [-0.4, -0.2) is 77.3 Å². The zero-order valence-corrected chi connectivity index (χ0v) is 20.6. The van der Waals surface area contributed by atoms with E-state index in [0.29, 0.717) is 18.5 Å². The first-order valence-corrected chi connectivity index (χ1v) is 12.6. The minimum absolute atomic E-state index is 0.0324. The Morgan fingerprint density at radius 2 is 1.82 bits per heavy atom. The molecule has 1 atom stereocenters. The van der Waals surface area contributed by atoms with Crippen LogP contribution in [0.25, 0.3) is 16.6 Å². The van der Waals surface area contributed by atoms with Gasteiger partial charge in [0.15, 0.2) is 0 Å². The van der Waals surface area contributed by atoms with Crippen LogP contribution >= 0.6 is 0 Å². The highest BCUT2D eigenvalue weighted by Crippen LogP contribution is 2.32. The Labute approximate surface area is 202 Å². The molecule has 4 heterocycles. The van der Waals surface area contributed by atoms with Crippen molar-refractivity contribution in [2.24, 2.45) is 0 Å². The first kappa shape index (κ1) is 22.7. The molecule has 2 aromatic heterocycles. The molecule has 1 aromatic carbocycles. The predicted octanol–water partition coefficient (Wildman–Crippen LogP) is 4.05. The maximum absolute atomic E-state index is 12.1. The van der Waals surface area contributed by atoms with Crippen LogP contribution in [0.3, 0.4) is 0 Å². The Morgan fingerprint density at radius 1 is 1.06 bits per heavy atom. The Kier molecular flexibility index (Phi) is 6.46. The highest BCUT2D eigenvalue weighted by atomic mass is 16.2. The number of hydrogen-bond donors (Lipinski definition) is 1. The number of benzene rings is 1. The second-order valence-corrected chi connectivity index (χ2v) is 9.78. The van der Waals surface area contributed by atoms with Crippen molar-refractivity contribution in [1.82, 2.24) is 24.7 Å². The molecule has 1 N–H and O–H groups in total. The van der Waals surface area contributed by atoms with Crippen LogP contribution < -0.4 is 10.2 Å². The molecule has 2 fully saturated rings. The van der Waals surface area contributed by atoms with E-state index in [9.17, 15) is 4.79 Å². The zero-order chi connectivity index (χ0) is 23.7. The van der Waals surface area contributed by atoms with E-state index in [0.717, 1.165) is 38.2 Å². The average molecular weight is 461 g/mol. The Hall–Kier alpha value is -3.06. The van der Waals surface area contributed by atoms with Gasteiger partial charge in [0.2, 0.25) is 0 Å². The number of amides is 2. The van der Waals surface area contributed by atoms with Gasteiger partial charge >= 0.3 is 6.03 Å². The molecule has 2 amide bonds. The summed E-state index contributed by atoms with van der Waals surface area (Å²) in [6, 6.07) is 14.1. The van der Waals surface area contributed by atoms with Crippen molar-refractivity contribution in [3.63, 3.8) is 0 Å². The molecule has 0 spiro atoms. The number of piperazine rings is 1. The van der Waals surface area contributed by atoms with E-state index in [-0.39, 0.29) is 6.03 Å². The number of carbonyl (C=O) groups is 1. The molecule has 7 nitrogen and oxygen atoms in total. The van der Waals surface area contributed by atoms with Gasteiger partial charge in [0, 0.05) is 63.3 Å². The van der Waals surface area contributed by atoms with Crippen molar-refractivity contribution in [2.45, 2.75) is 39.2 Å². The van der Waals surface area contributed by atoms with E-state index in [2.05, 4.69) is 76.7 Å². The highest BCUT2D eigenvalue weighted by Gasteiger charge is 2.25. The molecule has 34 heavy (non-hydrogen) atoms. The monoisotopic (exact) mass is 460 g/mol. The van der Waals surface area contributed by atoms with Crippen LogP contribution in [-0.2, 0) is 0 Å². The molecule has 180 valence electrons. The second kappa shape index (κ2) is 9.66. The molecule has 2 aliphatic heterocycles. The van der Waals surface area contributed by atoms with Gasteiger partial charge in [0.1, 0.15) is 0 Å². The van der Waals surface area contributed by atoms with Gasteiger partial charge in [-0.1, -0.05) is 24.3 Å². The van der Waals surface area contributed by atoms with Crippen LogP contribution in [0.2, 0.25) is 0 Å². The maximum Gasteiger partial charge on any atom is 0.317 e. The van der Waals surface area contributed by atoms with E-state index >= 15 is 0 Å². The van der Waals surface area contributed by atoms with Gasteiger partial charge in [-0.3, -0.25) is 0 Å². The molecule has 0 saturated carbocycles. The lowest BCUT2D eigenvalue weighted by atomic mass is 9.96. The third-order valence-corrected chi connectivity index (χ3v) is 7.39. The summed E-state index contributed by atoms with van der Waals surface area (Å²) in [5.41, 5.74) is 6.13. The zero-order valence-electron chi connectivity index (χ0n) is 20.6. The Bertz CT molecular complexity index is 1130. The summed E-state index contributed by atoms with van der Waals surface area (Å²) >= 11 is 0. The molecule has 3 aromatic rings. The summed E-state index contributed by atoms with van der Waals surface area (Å²) in [7, 11) is 0. The minimum Gasteiger partial charge on any atom is -0.366 e. The molecule has 0 radical (unpaired) electrons. The van der Waals surface area contributed by atoms with Crippen LogP contribution in [0.4, 0.5) is 10.5 Å². The van der Waals surface area contributed by atoms with Crippen molar-refractivity contribution in [1.29, 1.82) is 0 Å². The fraction of sp³-hybridized carbons (Fsp3) is 0.481. The lowest BCUT2D eigenvalue weighted by Gasteiger charge is -2.36. The smallest absolute Gasteiger partial charge is 0.317 e. The number of aromatic nitrogens is 2. The van der Waals surface area contributed by atoms with Crippen molar-refractivity contribution in [3.8, 4) is 11.1 Å². The minimum atomic E-state index is 0.0324. The molecule has 0 bridgehead atoms. The molecule has 5 rings (SSSR count). The van der Waals surface area contributed by atoms with E-state index in [1.807, 2.05) is 22.5 Å². The first-order chi connectivity index (χ1) is 16.5. The van der Waals surface area contributed by atoms with Crippen LogP contribution in [0.1, 0.15) is 38.7 Å². The van der Waals surface area contributed by atoms with Crippen molar-refractivity contribution < 1.29 is 4.79 Å². The molecule has 2 aliphatic rings. The number of likely N-dealkylation sites (tertiary alicyclic amines) is 1. The largest absolute Gasteiger partial charge is 0.366 e. The van der Waals surface area contributed by atoms with Gasteiger partial charge in [0.05, 0.1) is 11.2 Å². The van der Waals surface area contributed by atoms with Crippen LogP contribution in [0.15, 0.2) is 48.8 Å². The Balaban J connectivity index is 1.32. The summed E-state index contributed by atoms with van der Waals surface area (Å²) in [6.07, 6.45) is 5.23. The Morgan fingerprint density at radius 3 is 2.50 bits per heavy atom. The summed E-state index contributed by atoms with van der Waals surface area (Å²) in [5.74, 6) is 0.635. The van der Waals surface area contributed by atoms with E-state index in [4.69, 9.17) is 0 Å². The highest BCUT2D eigenvalue weighted by molar-refractivity contribution is 5.80. The number of carbonyl (C=O) groups excluding carboxylic acids is 1. The maximum atomic E-state index is 12.1. The van der Waals surface area contributed by atoms with Gasteiger partial charge < -0.3 is 20.0 Å². The molecular formula is C27H36N6O. The molecular weight excluding hydrogens is 424 g/mol. The van der Waals surface area contributed by atoms with E-state index in [1.54, 1.807) is 0 Å². The summed E-state index contributed by atoms with van der Waals surface area (Å²) in [6.45, 7) is 12.6. The van der Waals surface area contributed by atoms with Crippen molar-refractivity contribution in [2.75, 3.05) is 50.7 Å². The topological polar surface area (TPSA) is 56.1 Å². The number of hydrogen-bond acceptors (Lipinski definition) is 4. The standard InChI is InChI=1S/C27H36N6O/c1-4-28-27(34)31-15-13-30(14-16-31)25-9-11-29-33-19-24(17-26(25)33)22-7-5-21(6-8-22)23-10-12-32(18-23)20(2)3/h5-9,11,17,19-20,23H,4,10,12-16,18H2,1-3H3,(H,28,34)/t23-/m0/s1. The number of urea groups is 1. The van der Waals surface area contributed by atoms with Gasteiger partial charge in [-0.25, -0.2) is 9.31 Å². The summed E-state index contributed by atoms with van der Waals surface area (Å²) < 4.78 is 1.98. The van der Waals surface area contributed by atoms with E-state index in [1.165, 1.54) is 35.3 Å². The number of fused-ring (bicyclic) bond motifs is 1. The van der Waals surface area contributed by atoms with Crippen molar-refractivity contribution >= 4 is 17.2 Å². The third-order valence-electron chi connectivity index (χ3n) is 7.39. The van der Waals surface area contributed by atoms with Crippen LogP contribution in [0, 0.1) is 0 Å². The normalized spacial score (nSPS) is 19.4. The molecule has 2 saturated heterocycles. The quantitative estimate of drug-likeness (QED) is 0.624. The summed E-state index contributed by atoms with van der Waals surface area (Å²) in [5, 5.41) is 7.47. The SMILES string of the molecule is CCNC(=O)N1CCN(c2ccnn3cc(-c4ccc([C@H]5CCN(C(C)C)C5)cc4)cc23)CC1. The van der Waals surface area contributed by atoms with E-state index < -0.39 is 0 Å². The number of rotatable bonds is 5. The first-order valence-electron chi connectivity index (χ1n) is 12.6. The second-order valence-electron chi connectivity index (χ2n) is 9.78. The lowest BCUT2D eigenvalue weighted by molar-refractivity contribution is 0.195. The van der Waals surface area contributed by atoms with Gasteiger partial charge in [-0.15, -0.1) is 0 Å². The summed E-state index contributed by atoms with van der Waals surface area (Å²) in [4.78, 5) is 19.0. The number of anilines is 1. The lowest BCUT2D eigenvalue weighted by Crippen LogP contribution is -2.51. The third kappa shape index (κ3) is 4.49. The number of nitrogens with zero attached hydrogens (tertiary/aromatic N) is 5. The van der Waals surface area contributed by atoms with Gasteiger partial charge in [-0.2, -0.15) is 5.10 Å². The fourth-order valence-corrected chi connectivity index (χ4v) is 5.31. The average Bonchev–Trinajstić information content (AvgIpc) is 3.52. The van der Waals surface area contributed by atoms with Crippen molar-refractivity contribution in [3.05, 3.63) is 54.4 Å². The van der Waals surface area contributed by atoms with Gasteiger partial charge in [-0.05, 0) is 62.9 Å². The van der Waals surface area contributed by atoms with Gasteiger partial charge in [0.25, 0.3) is 0 Å². The fourth-order valence-electron chi connectivity index (χ4n) is 5.31. The predicted molar refractivity (Wildman–Crippen MR) is 138 cm³/mol. The molecule has 0 unspecified atom stereocenters. The molecule has 7 heteroatoms. The van der Waals surface area contributed by atoms with Crippen LogP contribution in [0.5, 0.6) is 0 Å².